The Balaban J connectivity index is 2.01. The fourth-order valence-corrected chi connectivity index (χ4v) is 2.54. The summed E-state index contributed by atoms with van der Waals surface area (Å²) in [5.41, 5.74) is 1.41. The molecule has 0 radical (unpaired) electrons. The average Bonchev–Trinajstić information content (AvgIpc) is 2.84. The van der Waals surface area contributed by atoms with Crippen molar-refractivity contribution < 1.29 is 0 Å². The molecule has 2 rings (SSSR count). The Labute approximate surface area is 124 Å². The third-order valence-corrected chi connectivity index (χ3v) is 3.61. The highest BCUT2D eigenvalue weighted by molar-refractivity contribution is 6.33. The minimum atomic E-state index is 0.610. The highest BCUT2D eigenvalue weighted by atomic mass is 35.5. The normalized spacial score (nSPS) is 10.3. The van der Waals surface area contributed by atoms with Crippen LogP contribution in [0.5, 0.6) is 0 Å². The number of rotatable bonds is 5. The van der Waals surface area contributed by atoms with Crippen molar-refractivity contribution in [1.82, 2.24) is 9.55 Å². The number of hydrogen-bond acceptors (Lipinski definition) is 3. The van der Waals surface area contributed by atoms with Crippen molar-refractivity contribution in [2.24, 2.45) is 0 Å². The molecule has 1 heterocycles. The lowest BCUT2D eigenvalue weighted by atomic mass is 10.1. The topological polar surface area (TPSA) is 44.9 Å². The van der Waals surface area contributed by atoms with E-state index < -0.39 is 0 Å². The molecule has 2 aromatic rings. The lowest BCUT2D eigenvalue weighted by molar-refractivity contribution is 0.622. The SMILES string of the molecule is Cc1nccn1CCCN(C)c1c(Cl)cccc1C#N. The lowest BCUT2D eigenvalue weighted by Gasteiger charge is -2.22. The molecule has 1 aromatic carbocycles. The summed E-state index contributed by atoms with van der Waals surface area (Å²) in [4.78, 5) is 6.23. The molecule has 20 heavy (non-hydrogen) atoms. The van der Waals surface area contributed by atoms with Crippen LogP contribution in [0.3, 0.4) is 0 Å². The Hall–Kier alpha value is -1.99. The summed E-state index contributed by atoms with van der Waals surface area (Å²) < 4.78 is 2.12. The van der Waals surface area contributed by atoms with E-state index >= 15 is 0 Å². The third-order valence-electron chi connectivity index (χ3n) is 3.31. The van der Waals surface area contributed by atoms with Gasteiger partial charge >= 0.3 is 0 Å². The van der Waals surface area contributed by atoms with E-state index in [4.69, 9.17) is 16.9 Å². The molecule has 0 fully saturated rings. The molecular formula is C15H17ClN4. The molecule has 0 saturated heterocycles. The first kappa shape index (κ1) is 14.4. The quantitative estimate of drug-likeness (QED) is 0.848. The summed E-state index contributed by atoms with van der Waals surface area (Å²) in [6.07, 6.45) is 4.75. The molecule has 4 nitrogen and oxygen atoms in total. The number of nitriles is 1. The van der Waals surface area contributed by atoms with Gasteiger partial charge in [0.1, 0.15) is 11.9 Å². The van der Waals surface area contributed by atoms with Gasteiger partial charge in [-0.05, 0) is 25.5 Å². The second-order valence-electron chi connectivity index (χ2n) is 4.69. The molecular weight excluding hydrogens is 272 g/mol. The van der Waals surface area contributed by atoms with Crippen LogP contribution in [-0.4, -0.2) is 23.1 Å². The summed E-state index contributed by atoms with van der Waals surface area (Å²) in [5.74, 6) is 1.02. The highest BCUT2D eigenvalue weighted by Gasteiger charge is 2.11. The van der Waals surface area contributed by atoms with Crippen molar-refractivity contribution in [3.8, 4) is 6.07 Å². The second kappa shape index (κ2) is 6.44. The third kappa shape index (κ3) is 3.12. The Kier molecular flexibility index (Phi) is 4.65. The van der Waals surface area contributed by atoms with Crippen molar-refractivity contribution in [1.29, 1.82) is 5.26 Å². The van der Waals surface area contributed by atoms with Crippen LogP contribution in [0.25, 0.3) is 0 Å². The van der Waals surface area contributed by atoms with Gasteiger partial charge in [-0.1, -0.05) is 17.7 Å². The van der Waals surface area contributed by atoms with Gasteiger partial charge in [0.05, 0.1) is 16.3 Å². The molecule has 5 heteroatoms. The number of benzene rings is 1. The summed E-state index contributed by atoms with van der Waals surface area (Å²) in [7, 11) is 1.96. The standard InChI is InChI=1S/C15H17ClN4/c1-12-18-7-10-20(12)9-4-8-19(2)15-13(11-17)5-3-6-14(15)16/h3,5-7,10H,4,8-9H2,1-2H3. The van der Waals surface area contributed by atoms with Gasteiger partial charge in [0, 0.05) is 32.5 Å². The Morgan fingerprint density at radius 3 is 2.90 bits per heavy atom. The van der Waals surface area contributed by atoms with Gasteiger partial charge in [-0.3, -0.25) is 0 Å². The number of para-hydroxylation sites is 1. The van der Waals surface area contributed by atoms with Gasteiger partial charge in [-0.25, -0.2) is 4.98 Å². The predicted molar refractivity (Wildman–Crippen MR) is 81.0 cm³/mol. The molecule has 0 amide bonds. The summed E-state index contributed by atoms with van der Waals surface area (Å²) in [5, 5.41) is 9.77. The van der Waals surface area contributed by atoms with Gasteiger partial charge in [0.15, 0.2) is 0 Å². The van der Waals surface area contributed by atoms with Gasteiger partial charge in [-0.2, -0.15) is 5.26 Å². The smallest absolute Gasteiger partial charge is 0.105 e. The molecule has 0 aliphatic heterocycles. The van der Waals surface area contributed by atoms with E-state index in [1.165, 1.54) is 0 Å². The van der Waals surface area contributed by atoms with E-state index in [0.29, 0.717) is 10.6 Å². The fraction of sp³-hybridized carbons (Fsp3) is 0.333. The van der Waals surface area contributed by atoms with Crippen LogP contribution in [0.4, 0.5) is 5.69 Å². The maximum absolute atomic E-state index is 9.16. The number of hydrogen-bond donors (Lipinski definition) is 0. The van der Waals surface area contributed by atoms with Crippen LogP contribution in [-0.2, 0) is 6.54 Å². The maximum Gasteiger partial charge on any atom is 0.105 e. The molecule has 0 spiro atoms. The van der Waals surface area contributed by atoms with Crippen LogP contribution in [0, 0.1) is 18.3 Å². The minimum absolute atomic E-state index is 0.610. The number of anilines is 1. The predicted octanol–water partition coefficient (Wildman–Crippen LogP) is 3.24. The maximum atomic E-state index is 9.16. The van der Waals surface area contributed by atoms with Crippen molar-refractivity contribution in [3.05, 3.63) is 47.0 Å². The molecule has 0 aliphatic rings. The van der Waals surface area contributed by atoms with Gasteiger partial charge in [0.2, 0.25) is 0 Å². The molecule has 0 N–H and O–H groups in total. The molecule has 0 atom stereocenters. The van der Waals surface area contributed by atoms with E-state index in [1.54, 1.807) is 18.3 Å². The lowest BCUT2D eigenvalue weighted by Crippen LogP contribution is -2.21. The number of nitrogens with zero attached hydrogens (tertiary/aromatic N) is 4. The van der Waals surface area contributed by atoms with Crippen molar-refractivity contribution in [2.45, 2.75) is 19.9 Å². The highest BCUT2D eigenvalue weighted by Crippen LogP contribution is 2.28. The van der Waals surface area contributed by atoms with E-state index in [9.17, 15) is 0 Å². The van der Waals surface area contributed by atoms with Crippen molar-refractivity contribution in [3.63, 3.8) is 0 Å². The molecule has 0 bridgehead atoms. The van der Waals surface area contributed by atoms with E-state index in [1.807, 2.05) is 31.1 Å². The van der Waals surface area contributed by atoms with E-state index in [-0.39, 0.29) is 0 Å². The number of halogens is 1. The average molecular weight is 289 g/mol. The van der Waals surface area contributed by atoms with Crippen LogP contribution in [0.15, 0.2) is 30.6 Å². The Bertz CT molecular complexity index is 627. The van der Waals surface area contributed by atoms with Gasteiger partial charge in [-0.15, -0.1) is 0 Å². The van der Waals surface area contributed by atoms with E-state index in [2.05, 4.69) is 15.6 Å². The monoisotopic (exact) mass is 288 g/mol. The van der Waals surface area contributed by atoms with Crippen LogP contribution < -0.4 is 4.90 Å². The summed E-state index contributed by atoms with van der Waals surface area (Å²) in [6, 6.07) is 7.59. The Morgan fingerprint density at radius 2 is 2.25 bits per heavy atom. The summed E-state index contributed by atoms with van der Waals surface area (Å²) >= 11 is 6.20. The van der Waals surface area contributed by atoms with Crippen molar-refractivity contribution in [2.75, 3.05) is 18.5 Å². The first-order valence-electron chi connectivity index (χ1n) is 6.51. The molecule has 0 saturated carbocycles. The van der Waals surface area contributed by atoms with Crippen LogP contribution in [0.1, 0.15) is 17.8 Å². The molecule has 0 aliphatic carbocycles. The van der Waals surface area contributed by atoms with Crippen molar-refractivity contribution >= 4 is 17.3 Å². The van der Waals surface area contributed by atoms with Gasteiger partial charge < -0.3 is 9.47 Å². The molecule has 104 valence electrons. The summed E-state index contributed by atoms with van der Waals surface area (Å²) in [6.45, 7) is 3.73. The fourth-order valence-electron chi connectivity index (χ4n) is 2.22. The molecule has 1 aromatic heterocycles. The van der Waals surface area contributed by atoms with Crippen LogP contribution in [0.2, 0.25) is 5.02 Å². The van der Waals surface area contributed by atoms with Crippen LogP contribution >= 0.6 is 11.6 Å². The zero-order chi connectivity index (χ0) is 14.5. The first-order chi connectivity index (χ1) is 9.63. The first-order valence-corrected chi connectivity index (χ1v) is 6.88. The van der Waals surface area contributed by atoms with Gasteiger partial charge in [0.25, 0.3) is 0 Å². The largest absolute Gasteiger partial charge is 0.372 e. The Morgan fingerprint density at radius 1 is 1.45 bits per heavy atom. The second-order valence-corrected chi connectivity index (χ2v) is 5.10. The zero-order valence-corrected chi connectivity index (χ0v) is 12.4. The zero-order valence-electron chi connectivity index (χ0n) is 11.7. The number of imidazole rings is 1. The molecule has 0 unspecified atom stereocenters. The number of aryl methyl sites for hydroxylation is 2. The van der Waals surface area contributed by atoms with E-state index in [0.717, 1.165) is 31.0 Å². The minimum Gasteiger partial charge on any atom is -0.372 e. The number of aromatic nitrogens is 2.